The molecule has 1 N–H and O–H groups in total. The zero-order valence-corrected chi connectivity index (χ0v) is 29.0. The molecule has 5 rings (SSSR count). The van der Waals surface area contributed by atoms with E-state index in [0.717, 1.165) is 41.0 Å². The van der Waals surface area contributed by atoms with Crippen LogP contribution in [-0.2, 0) is 20.9 Å². The van der Waals surface area contributed by atoms with Gasteiger partial charge in [-0.2, -0.15) is 0 Å². The van der Waals surface area contributed by atoms with E-state index in [4.69, 9.17) is 9.47 Å². The zero-order valence-electron chi connectivity index (χ0n) is 29.0. The number of hydrogen-bond donors (Lipinski definition) is 1. The molecule has 2 aromatic carbocycles. The van der Waals surface area contributed by atoms with Crippen molar-refractivity contribution in [3.63, 3.8) is 0 Å². The van der Waals surface area contributed by atoms with Gasteiger partial charge >= 0.3 is 0 Å². The number of nitrogens with zero attached hydrogens (tertiary/aromatic N) is 3. The first-order valence-electron chi connectivity index (χ1n) is 17.5. The van der Waals surface area contributed by atoms with Crippen LogP contribution in [0.3, 0.4) is 0 Å². The van der Waals surface area contributed by atoms with Crippen molar-refractivity contribution in [3.8, 4) is 11.5 Å². The first-order chi connectivity index (χ1) is 23.6. The maximum atomic E-state index is 13.7. The third-order valence-electron chi connectivity index (χ3n) is 9.40. The average Bonchev–Trinajstić information content (AvgIpc) is 3.67. The smallest absolute Gasteiger partial charge is 0.264 e. The van der Waals surface area contributed by atoms with E-state index in [2.05, 4.69) is 36.2 Å². The van der Waals surface area contributed by atoms with Gasteiger partial charge in [-0.15, -0.1) is 0 Å². The highest BCUT2D eigenvalue weighted by molar-refractivity contribution is 6.25. The standard InChI is InChI=1S/C38H48N4O7/c1-5-41-34(44)18-16-30(37(41)46)42-36(45)28-12-10-13-29(35(28)38(42)47)40-20-19-27(23-40)24-49-31-17-15-26(21-32(31)48-4)22-39-33(43)14-9-7-6-8-11-25(2)3/h8,10-13,15,17,21,25,27,30H,5-7,9,14,16,18-20,22-24H2,1-4H3,(H,39,43)/b11-8+. The second-order valence-electron chi connectivity index (χ2n) is 13.3. The minimum atomic E-state index is -0.984. The molecule has 262 valence electrons. The summed E-state index contributed by atoms with van der Waals surface area (Å²) in [5.41, 5.74) is 2.18. The van der Waals surface area contributed by atoms with Gasteiger partial charge in [0.2, 0.25) is 11.8 Å². The molecular formula is C38H48N4O7. The van der Waals surface area contributed by atoms with Crippen molar-refractivity contribution in [1.29, 1.82) is 0 Å². The van der Waals surface area contributed by atoms with Crippen molar-refractivity contribution in [3.05, 3.63) is 65.2 Å². The van der Waals surface area contributed by atoms with Crippen molar-refractivity contribution in [1.82, 2.24) is 15.1 Å². The quantitative estimate of drug-likeness (QED) is 0.157. The molecular weight excluding hydrogens is 624 g/mol. The van der Waals surface area contributed by atoms with Gasteiger partial charge in [-0.05, 0) is 74.8 Å². The number of likely N-dealkylation sites (N-methyl/N-ethyl adjacent to an activating group) is 1. The summed E-state index contributed by atoms with van der Waals surface area (Å²) >= 11 is 0. The topological polar surface area (TPSA) is 126 Å². The first kappa shape index (κ1) is 35.6. The van der Waals surface area contributed by atoms with E-state index in [1.165, 1.54) is 0 Å². The minimum Gasteiger partial charge on any atom is -0.493 e. The second-order valence-corrected chi connectivity index (χ2v) is 13.3. The Balaban J connectivity index is 1.14. The molecule has 2 aromatic rings. The SMILES string of the molecule is CCN1C(=O)CCC(N2C(=O)c3cccc(N4CCC(COc5ccc(CNC(=O)CCCC/C=C/C(C)C)cc5OC)C4)c3C2=O)C1=O. The van der Waals surface area contributed by atoms with Crippen LogP contribution >= 0.6 is 0 Å². The Morgan fingerprint density at radius 3 is 2.61 bits per heavy atom. The molecule has 5 amide bonds. The molecule has 0 aromatic heterocycles. The predicted octanol–water partition coefficient (Wildman–Crippen LogP) is 5.12. The van der Waals surface area contributed by atoms with E-state index in [1.54, 1.807) is 26.2 Å². The van der Waals surface area contributed by atoms with E-state index in [9.17, 15) is 24.0 Å². The van der Waals surface area contributed by atoms with E-state index in [1.807, 2.05) is 24.3 Å². The van der Waals surface area contributed by atoms with Gasteiger partial charge in [-0.3, -0.25) is 33.8 Å². The van der Waals surface area contributed by atoms with Crippen LogP contribution in [-0.4, -0.2) is 78.7 Å². The molecule has 3 heterocycles. The highest BCUT2D eigenvalue weighted by atomic mass is 16.5. The maximum Gasteiger partial charge on any atom is 0.264 e. The number of imide groups is 2. The Hall–Kier alpha value is -4.67. The fourth-order valence-electron chi connectivity index (χ4n) is 6.77. The number of allylic oxidation sites excluding steroid dienone is 2. The van der Waals surface area contributed by atoms with E-state index < -0.39 is 23.8 Å². The summed E-state index contributed by atoms with van der Waals surface area (Å²) < 4.78 is 11.8. The molecule has 2 fully saturated rings. The van der Waals surface area contributed by atoms with E-state index in [0.29, 0.717) is 61.3 Å². The zero-order chi connectivity index (χ0) is 35.1. The molecule has 0 radical (unpaired) electrons. The number of nitrogens with one attached hydrogen (secondary N) is 1. The number of carbonyl (C=O) groups is 5. The maximum absolute atomic E-state index is 13.7. The highest BCUT2D eigenvalue weighted by Crippen LogP contribution is 2.37. The predicted molar refractivity (Wildman–Crippen MR) is 185 cm³/mol. The normalized spacial score (nSPS) is 19.4. The number of amides is 5. The lowest BCUT2D eigenvalue weighted by Gasteiger charge is -2.34. The van der Waals surface area contributed by atoms with E-state index >= 15 is 0 Å². The van der Waals surface area contributed by atoms with Crippen molar-refractivity contribution in [2.75, 3.05) is 38.3 Å². The molecule has 0 aliphatic carbocycles. The fraction of sp³-hybridized carbons (Fsp3) is 0.500. The summed E-state index contributed by atoms with van der Waals surface area (Å²) in [6, 6.07) is 9.90. The van der Waals surface area contributed by atoms with Crippen molar-refractivity contribution in [2.45, 2.75) is 78.3 Å². The number of likely N-dealkylation sites (tertiary alicyclic amines) is 1. The van der Waals surface area contributed by atoms with Crippen molar-refractivity contribution < 1.29 is 33.4 Å². The molecule has 11 heteroatoms. The number of ether oxygens (including phenoxy) is 2. The summed E-state index contributed by atoms with van der Waals surface area (Å²) in [5, 5.41) is 2.99. The van der Waals surface area contributed by atoms with Crippen LogP contribution in [0.4, 0.5) is 5.69 Å². The van der Waals surface area contributed by atoms with Crippen molar-refractivity contribution in [2.24, 2.45) is 11.8 Å². The van der Waals surface area contributed by atoms with Crippen LogP contribution < -0.4 is 19.7 Å². The number of rotatable bonds is 15. The van der Waals surface area contributed by atoms with Gasteiger partial charge in [0.25, 0.3) is 17.7 Å². The van der Waals surface area contributed by atoms with Gasteiger partial charge in [0, 0.05) is 44.9 Å². The Bertz CT molecular complexity index is 1600. The largest absolute Gasteiger partial charge is 0.493 e. The Morgan fingerprint density at radius 1 is 1.04 bits per heavy atom. The van der Waals surface area contributed by atoms with Crippen molar-refractivity contribution >= 4 is 35.2 Å². The molecule has 3 aliphatic rings. The number of piperidine rings is 1. The first-order valence-corrected chi connectivity index (χ1v) is 17.5. The molecule has 0 saturated carbocycles. The number of carbonyl (C=O) groups excluding carboxylic acids is 5. The number of hydrogen-bond acceptors (Lipinski definition) is 8. The number of methoxy groups -OCH3 is 1. The lowest BCUT2D eigenvalue weighted by Crippen LogP contribution is -2.55. The summed E-state index contributed by atoms with van der Waals surface area (Å²) in [5.74, 6) is 0.164. The van der Waals surface area contributed by atoms with Gasteiger partial charge in [-0.25, -0.2) is 0 Å². The second kappa shape index (κ2) is 16.2. The molecule has 0 bridgehead atoms. The molecule has 49 heavy (non-hydrogen) atoms. The van der Waals surface area contributed by atoms with Crippen LogP contribution in [0.15, 0.2) is 48.6 Å². The Labute approximate surface area is 288 Å². The number of benzene rings is 2. The Kier molecular flexibility index (Phi) is 11.7. The summed E-state index contributed by atoms with van der Waals surface area (Å²) in [4.78, 5) is 69.1. The van der Waals surface area contributed by atoms with Gasteiger partial charge in [0.05, 0.1) is 30.5 Å². The third kappa shape index (κ3) is 8.14. The minimum absolute atomic E-state index is 0.0304. The molecule has 0 spiro atoms. The van der Waals surface area contributed by atoms with Gasteiger partial charge in [0.1, 0.15) is 6.04 Å². The van der Waals surface area contributed by atoms with Gasteiger partial charge in [0.15, 0.2) is 11.5 Å². The lowest BCUT2D eigenvalue weighted by atomic mass is 10.0. The van der Waals surface area contributed by atoms with Crippen LogP contribution in [0.2, 0.25) is 0 Å². The number of unbranched alkanes of at least 4 members (excludes halogenated alkanes) is 2. The summed E-state index contributed by atoms with van der Waals surface area (Å²) in [7, 11) is 1.59. The van der Waals surface area contributed by atoms with Gasteiger partial charge in [-0.1, -0.05) is 38.1 Å². The summed E-state index contributed by atoms with van der Waals surface area (Å²) in [6.07, 6.45) is 8.77. The molecule has 2 saturated heterocycles. The molecule has 3 aliphatic heterocycles. The third-order valence-corrected chi connectivity index (χ3v) is 9.40. The highest BCUT2D eigenvalue weighted by Gasteiger charge is 2.48. The van der Waals surface area contributed by atoms with Crippen LogP contribution in [0.1, 0.15) is 92.0 Å². The van der Waals surface area contributed by atoms with Crippen LogP contribution in [0, 0.1) is 11.8 Å². The lowest BCUT2D eigenvalue weighted by molar-refractivity contribution is -0.151. The molecule has 11 nitrogen and oxygen atoms in total. The fourth-order valence-corrected chi connectivity index (χ4v) is 6.77. The van der Waals surface area contributed by atoms with Crippen LogP contribution in [0.5, 0.6) is 11.5 Å². The summed E-state index contributed by atoms with van der Waals surface area (Å²) in [6.45, 7) is 8.34. The number of fused-ring (bicyclic) bond motifs is 1. The number of anilines is 1. The average molecular weight is 673 g/mol. The van der Waals surface area contributed by atoms with Crippen LogP contribution in [0.25, 0.3) is 0 Å². The monoisotopic (exact) mass is 672 g/mol. The molecule has 2 atom stereocenters. The van der Waals surface area contributed by atoms with Gasteiger partial charge < -0.3 is 19.7 Å². The van der Waals surface area contributed by atoms with E-state index in [-0.39, 0.29) is 42.7 Å². The Morgan fingerprint density at radius 2 is 1.86 bits per heavy atom. The molecule has 2 unspecified atom stereocenters.